The van der Waals surface area contributed by atoms with E-state index >= 15 is 0 Å². The van der Waals surface area contributed by atoms with Gasteiger partial charge in [-0.1, -0.05) is 18.2 Å². The number of para-hydroxylation sites is 1. The Hall–Kier alpha value is -2.76. The molecule has 1 heterocycles. The molecule has 1 amide bonds. The SMILES string of the molecule is C[C@H]1CCc2cc(F)ccc2N1C(=O)Cc1ccccc1[N+](=O)[O-]. The van der Waals surface area contributed by atoms with Crippen molar-refractivity contribution in [3.8, 4) is 0 Å². The normalized spacial score (nSPS) is 16.6. The summed E-state index contributed by atoms with van der Waals surface area (Å²) in [5, 5.41) is 11.1. The van der Waals surface area contributed by atoms with Gasteiger partial charge >= 0.3 is 0 Å². The molecule has 124 valence electrons. The van der Waals surface area contributed by atoms with E-state index in [4.69, 9.17) is 0 Å². The fourth-order valence-corrected chi connectivity index (χ4v) is 3.19. The molecular formula is C18H17FN2O3. The van der Waals surface area contributed by atoms with Crippen molar-refractivity contribution in [2.45, 2.75) is 32.2 Å². The van der Waals surface area contributed by atoms with Gasteiger partial charge in [-0.15, -0.1) is 0 Å². The summed E-state index contributed by atoms with van der Waals surface area (Å²) in [6.45, 7) is 1.93. The number of nitro groups is 1. The zero-order valence-electron chi connectivity index (χ0n) is 13.2. The first-order valence-corrected chi connectivity index (χ1v) is 7.80. The minimum atomic E-state index is -0.481. The molecule has 2 aromatic rings. The summed E-state index contributed by atoms with van der Waals surface area (Å²) in [5.41, 5.74) is 1.81. The van der Waals surface area contributed by atoms with E-state index in [0.717, 1.165) is 12.0 Å². The van der Waals surface area contributed by atoms with Crippen molar-refractivity contribution in [3.63, 3.8) is 0 Å². The van der Waals surface area contributed by atoms with E-state index in [1.165, 1.54) is 18.2 Å². The van der Waals surface area contributed by atoms with Gasteiger partial charge in [-0.2, -0.15) is 0 Å². The molecule has 2 aromatic carbocycles. The number of hydrogen-bond acceptors (Lipinski definition) is 3. The van der Waals surface area contributed by atoms with E-state index in [0.29, 0.717) is 17.7 Å². The van der Waals surface area contributed by atoms with Gasteiger partial charge in [0.25, 0.3) is 5.69 Å². The Balaban J connectivity index is 1.92. The fraction of sp³-hybridized carbons (Fsp3) is 0.278. The monoisotopic (exact) mass is 328 g/mol. The van der Waals surface area contributed by atoms with Crippen LogP contribution in [0.2, 0.25) is 0 Å². The van der Waals surface area contributed by atoms with Gasteiger partial charge in [0.05, 0.1) is 11.3 Å². The molecule has 5 nitrogen and oxygen atoms in total. The highest BCUT2D eigenvalue weighted by molar-refractivity contribution is 5.97. The second-order valence-corrected chi connectivity index (χ2v) is 5.99. The van der Waals surface area contributed by atoms with E-state index in [2.05, 4.69) is 0 Å². The molecule has 1 atom stereocenters. The molecular weight excluding hydrogens is 311 g/mol. The molecule has 0 unspecified atom stereocenters. The van der Waals surface area contributed by atoms with E-state index in [9.17, 15) is 19.3 Å². The third kappa shape index (κ3) is 2.99. The van der Waals surface area contributed by atoms with E-state index < -0.39 is 4.92 Å². The minimum absolute atomic E-state index is 0.0294. The first-order valence-electron chi connectivity index (χ1n) is 7.80. The van der Waals surface area contributed by atoms with Gasteiger partial charge in [0.1, 0.15) is 5.82 Å². The summed E-state index contributed by atoms with van der Waals surface area (Å²) in [4.78, 5) is 25.1. The number of amides is 1. The van der Waals surface area contributed by atoms with Gasteiger partial charge in [0, 0.05) is 23.4 Å². The smallest absolute Gasteiger partial charge is 0.273 e. The van der Waals surface area contributed by atoms with Crippen molar-refractivity contribution in [3.05, 3.63) is 69.5 Å². The summed E-state index contributed by atoms with van der Waals surface area (Å²) in [5.74, 6) is -0.543. The summed E-state index contributed by atoms with van der Waals surface area (Å²) in [7, 11) is 0. The number of nitrogens with zero attached hydrogens (tertiary/aromatic N) is 2. The van der Waals surface area contributed by atoms with Crippen molar-refractivity contribution >= 4 is 17.3 Å². The first kappa shape index (κ1) is 16.1. The number of rotatable bonds is 3. The molecule has 3 rings (SSSR count). The minimum Gasteiger partial charge on any atom is -0.309 e. The number of fused-ring (bicyclic) bond motifs is 1. The lowest BCUT2D eigenvalue weighted by atomic mass is 9.95. The van der Waals surface area contributed by atoms with Crippen molar-refractivity contribution in [2.75, 3.05) is 4.90 Å². The topological polar surface area (TPSA) is 63.5 Å². The number of benzene rings is 2. The van der Waals surface area contributed by atoms with Gasteiger partial charge in [-0.05, 0) is 43.5 Å². The van der Waals surface area contributed by atoms with Crippen LogP contribution in [0.25, 0.3) is 0 Å². The van der Waals surface area contributed by atoms with E-state index in [1.807, 2.05) is 6.92 Å². The van der Waals surface area contributed by atoms with Crippen molar-refractivity contribution in [2.24, 2.45) is 0 Å². The Morgan fingerprint density at radius 2 is 2.08 bits per heavy atom. The van der Waals surface area contributed by atoms with Crippen LogP contribution in [-0.4, -0.2) is 16.9 Å². The maximum atomic E-state index is 13.4. The Kier molecular flexibility index (Phi) is 4.29. The Morgan fingerprint density at radius 3 is 2.83 bits per heavy atom. The summed E-state index contributed by atoms with van der Waals surface area (Å²) in [6.07, 6.45) is 1.39. The lowest BCUT2D eigenvalue weighted by Gasteiger charge is -2.35. The van der Waals surface area contributed by atoms with Crippen molar-refractivity contribution in [1.29, 1.82) is 0 Å². The molecule has 0 radical (unpaired) electrons. The summed E-state index contributed by atoms with van der Waals surface area (Å²) < 4.78 is 13.4. The largest absolute Gasteiger partial charge is 0.309 e. The lowest BCUT2D eigenvalue weighted by Crippen LogP contribution is -2.43. The maximum Gasteiger partial charge on any atom is 0.273 e. The van der Waals surface area contributed by atoms with Crippen LogP contribution in [0, 0.1) is 15.9 Å². The number of hydrogen-bond donors (Lipinski definition) is 0. The van der Waals surface area contributed by atoms with Crippen molar-refractivity contribution in [1.82, 2.24) is 0 Å². The average Bonchev–Trinajstić information content (AvgIpc) is 2.55. The Bertz CT molecular complexity index is 807. The van der Waals surface area contributed by atoms with Gasteiger partial charge in [-0.25, -0.2) is 4.39 Å². The third-order valence-corrected chi connectivity index (χ3v) is 4.37. The zero-order chi connectivity index (χ0) is 17.3. The second kappa shape index (κ2) is 6.39. The quantitative estimate of drug-likeness (QED) is 0.638. The zero-order valence-corrected chi connectivity index (χ0v) is 13.2. The van der Waals surface area contributed by atoms with Gasteiger partial charge in [-0.3, -0.25) is 14.9 Å². The Morgan fingerprint density at radius 1 is 1.33 bits per heavy atom. The molecule has 0 aromatic heterocycles. The molecule has 0 saturated heterocycles. The fourth-order valence-electron chi connectivity index (χ4n) is 3.19. The highest BCUT2D eigenvalue weighted by Gasteiger charge is 2.29. The average molecular weight is 328 g/mol. The number of carbonyl (C=O) groups excluding carboxylic acids is 1. The highest BCUT2D eigenvalue weighted by atomic mass is 19.1. The first-order chi connectivity index (χ1) is 11.5. The molecule has 0 saturated carbocycles. The Labute approximate surface area is 138 Å². The number of carbonyl (C=O) groups is 1. The molecule has 0 fully saturated rings. The number of nitro benzene ring substituents is 1. The van der Waals surface area contributed by atoms with E-state index in [-0.39, 0.29) is 29.9 Å². The van der Waals surface area contributed by atoms with Gasteiger partial charge in [0.2, 0.25) is 5.91 Å². The van der Waals surface area contributed by atoms with Gasteiger partial charge in [0.15, 0.2) is 0 Å². The highest BCUT2D eigenvalue weighted by Crippen LogP contribution is 2.32. The number of anilines is 1. The van der Waals surface area contributed by atoms with Crippen LogP contribution in [0.1, 0.15) is 24.5 Å². The van der Waals surface area contributed by atoms with Crippen LogP contribution in [0.3, 0.4) is 0 Å². The van der Waals surface area contributed by atoms with Crippen LogP contribution in [-0.2, 0) is 17.6 Å². The summed E-state index contributed by atoms with van der Waals surface area (Å²) >= 11 is 0. The van der Waals surface area contributed by atoms with Crippen LogP contribution in [0.15, 0.2) is 42.5 Å². The standard InChI is InChI=1S/C18H17FN2O3/c1-12-6-7-14-10-15(19)8-9-16(14)20(12)18(22)11-13-4-2-3-5-17(13)21(23)24/h2-5,8-10,12H,6-7,11H2,1H3/t12-/m0/s1. The molecule has 0 spiro atoms. The predicted octanol–water partition coefficient (Wildman–Crippen LogP) is 3.64. The lowest BCUT2D eigenvalue weighted by molar-refractivity contribution is -0.385. The number of aryl methyl sites for hydroxylation is 1. The van der Waals surface area contributed by atoms with Gasteiger partial charge < -0.3 is 4.90 Å². The molecule has 24 heavy (non-hydrogen) atoms. The van der Waals surface area contributed by atoms with Crippen molar-refractivity contribution < 1.29 is 14.1 Å². The molecule has 0 N–H and O–H groups in total. The third-order valence-electron chi connectivity index (χ3n) is 4.37. The molecule has 0 aliphatic carbocycles. The predicted molar refractivity (Wildman–Crippen MR) is 88.5 cm³/mol. The van der Waals surface area contributed by atoms with Crippen LogP contribution in [0.5, 0.6) is 0 Å². The molecule has 1 aliphatic rings. The maximum absolute atomic E-state index is 13.4. The molecule has 0 bridgehead atoms. The van der Waals surface area contributed by atoms with E-state index in [1.54, 1.807) is 29.2 Å². The van der Waals surface area contributed by atoms with Crippen LogP contribution in [0.4, 0.5) is 15.8 Å². The molecule has 6 heteroatoms. The molecule has 1 aliphatic heterocycles. The number of halogens is 1. The summed E-state index contributed by atoms with van der Waals surface area (Å²) in [6, 6.07) is 10.6. The van der Waals surface area contributed by atoms with Crippen LogP contribution < -0.4 is 4.90 Å². The van der Waals surface area contributed by atoms with Crippen LogP contribution >= 0.6 is 0 Å². The second-order valence-electron chi connectivity index (χ2n) is 5.99.